The highest BCUT2D eigenvalue weighted by Crippen LogP contribution is 2.23. The molecule has 1 aromatic heterocycles. The van der Waals surface area contributed by atoms with E-state index in [2.05, 4.69) is 32.3 Å². The summed E-state index contributed by atoms with van der Waals surface area (Å²) in [5.74, 6) is 0.819. The van der Waals surface area contributed by atoms with Crippen LogP contribution in [0.1, 0.15) is 32.1 Å². The number of anilines is 1. The van der Waals surface area contributed by atoms with E-state index in [1.54, 1.807) is 25.1 Å². The van der Waals surface area contributed by atoms with Crippen LogP contribution >= 0.6 is 24.0 Å². The number of guanidine groups is 1. The number of nitrogens with zero attached hydrogens (tertiary/aromatic N) is 3. The Kier molecular flexibility index (Phi) is 10.2. The molecule has 0 aliphatic carbocycles. The van der Waals surface area contributed by atoms with Gasteiger partial charge in [-0.3, -0.25) is 0 Å². The number of likely N-dealkylation sites (N-methyl/N-ethyl adjacent to an activating group) is 1. The van der Waals surface area contributed by atoms with Crippen LogP contribution < -0.4 is 15.5 Å². The fraction of sp³-hybridized carbons (Fsp3) is 0.522. The Labute approximate surface area is 207 Å². The van der Waals surface area contributed by atoms with Crippen molar-refractivity contribution in [3.8, 4) is 0 Å². The van der Waals surface area contributed by atoms with Gasteiger partial charge in [-0.05, 0) is 50.2 Å². The molecule has 32 heavy (non-hydrogen) atoms. The van der Waals surface area contributed by atoms with Crippen LogP contribution in [0, 0.1) is 5.82 Å². The number of hydrogen-bond acceptors (Lipinski definition) is 5. The summed E-state index contributed by atoms with van der Waals surface area (Å²) in [5.41, 5.74) is 0.279. The number of aliphatic hydroxyl groups is 1. The Balaban J connectivity index is 0.00000363. The number of furan rings is 1. The summed E-state index contributed by atoms with van der Waals surface area (Å²) in [4.78, 5) is 9.02. The lowest BCUT2D eigenvalue weighted by Crippen LogP contribution is -2.46. The van der Waals surface area contributed by atoms with Crippen molar-refractivity contribution < 1.29 is 13.9 Å². The van der Waals surface area contributed by atoms with Crippen LogP contribution in [0.4, 0.5) is 10.1 Å². The van der Waals surface area contributed by atoms with Crippen LogP contribution in [0.3, 0.4) is 0 Å². The number of nitrogens with one attached hydrogen (secondary N) is 2. The number of halogens is 2. The van der Waals surface area contributed by atoms with Crippen LogP contribution in [0.2, 0.25) is 0 Å². The second-order valence-electron chi connectivity index (χ2n) is 8.01. The minimum absolute atomic E-state index is 0. The van der Waals surface area contributed by atoms with Crippen LogP contribution in [0.25, 0.3) is 0 Å². The third kappa shape index (κ3) is 7.08. The highest BCUT2D eigenvalue weighted by atomic mass is 127. The highest BCUT2D eigenvalue weighted by Gasteiger charge is 2.26. The average molecular weight is 559 g/mol. The molecule has 2 aromatic rings. The zero-order chi connectivity index (χ0) is 22.3. The van der Waals surface area contributed by atoms with Crippen LogP contribution in [-0.4, -0.2) is 61.8 Å². The van der Waals surface area contributed by atoms with Gasteiger partial charge >= 0.3 is 0 Å². The van der Waals surface area contributed by atoms with Gasteiger partial charge in [0, 0.05) is 32.7 Å². The van der Waals surface area contributed by atoms with E-state index in [1.165, 1.54) is 6.26 Å². The second kappa shape index (κ2) is 12.4. The summed E-state index contributed by atoms with van der Waals surface area (Å²) < 4.78 is 20.1. The smallest absolute Gasteiger partial charge is 0.191 e. The first-order valence-electron chi connectivity index (χ1n) is 11.0. The van der Waals surface area contributed by atoms with Crippen molar-refractivity contribution in [2.45, 2.75) is 32.9 Å². The molecule has 2 heterocycles. The standard InChI is InChI=1S/C23H34FN5O2.HI/c1-4-25-22(27-17-23(3,30)21-7-6-14-31-21)26-16-18-8-9-20(19(24)15-18)29-12-10-28(5-2)11-13-29;/h6-9,14-15,30H,4-5,10-13,16-17H2,1-3H3,(H2,25,26,27);1H. The zero-order valence-corrected chi connectivity index (χ0v) is 21.4. The van der Waals surface area contributed by atoms with Gasteiger partial charge in [0.25, 0.3) is 0 Å². The molecule has 1 aliphatic heterocycles. The predicted octanol–water partition coefficient (Wildman–Crippen LogP) is 3.14. The lowest BCUT2D eigenvalue weighted by Gasteiger charge is -2.35. The maximum Gasteiger partial charge on any atom is 0.191 e. The SMILES string of the molecule is CCNC(=NCc1ccc(N2CCN(CC)CC2)c(F)c1)NCC(C)(O)c1ccco1.I. The maximum atomic E-state index is 14.8. The number of piperazine rings is 1. The lowest BCUT2D eigenvalue weighted by atomic mass is 10.0. The van der Waals surface area contributed by atoms with Gasteiger partial charge in [0.05, 0.1) is 25.0 Å². The van der Waals surface area contributed by atoms with E-state index in [4.69, 9.17) is 4.42 Å². The number of benzene rings is 1. The van der Waals surface area contributed by atoms with Gasteiger partial charge in [0.1, 0.15) is 17.2 Å². The molecule has 1 aromatic carbocycles. The largest absolute Gasteiger partial charge is 0.466 e. The molecule has 1 unspecified atom stereocenters. The first-order valence-corrected chi connectivity index (χ1v) is 11.0. The average Bonchev–Trinajstić information content (AvgIpc) is 3.32. The maximum absolute atomic E-state index is 14.8. The molecule has 0 radical (unpaired) electrons. The van der Waals surface area contributed by atoms with Gasteiger partial charge in [-0.15, -0.1) is 24.0 Å². The monoisotopic (exact) mass is 559 g/mol. The first kappa shape index (κ1) is 26.4. The molecule has 9 heteroatoms. The Morgan fingerprint density at radius 1 is 1.19 bits per heavy atom. The van der Waals surface area contributed by atoms with E-state index >= 15 is 0 Å². The zero-order valence-electron chi connectivity index (χ0n) is 19.1. The van der Waals surface area contributed by atoms with E-state index in [-0.39, 0.29) is 36.3 Å². The van der Waals surface area contributed by atoms with Gasteiger partial charge in [-0.2, -0.15) is 0 Å². The van der Waals surface area contributed by atoms with E-state index in [9.17, 15) is 9.50 Å². The summed E-state index contributed by atoms with van der Waals surface area (Å²) in [6.07, 6.45) is 1.53. The topological polar surface area (TPSA) is 76.3 Å². The van der Waals surface area contributed by atoms with Gasteiger partial charge in [-0.1, -0.05) is 13.0 Å². The lowest BCUT2D eigenvalue weighted by molar-refractivity contribution is 0.0386. The fourth-order valence-corrected chi connectivity index (χ4v) is 3.65. The minimum atomic E-state index is -1.17. The van der Waals surface area contributed by atoms with Gasteiger partial charge in [-0.25, -0.2) is 9.38 Å². The van der Waals surface area contributed by atoms with Crippen molar-refractivity contribution in [3.05, 3.63) is 53.7 Å². The van der Waals surface area contributed by atoms with Gasteiger partial charge in [0.2, 0.25) is 0 Å². The van der Waals surface area contributed by atoms with Crippen molar-refractivity contribution in [2.75, 3.05) is 50.7 Å². The molecule has 178 valence electrons. The fourth-order valence-electron chi connectivity index (χ4n) is 3.65. The first-order chi connectivity index (χ1) is 14.9. The molecule has 3 rings (SSSR count). The molecule has 1 fully saturated rings. The molecule has 0 bridgehead atoms. The molecule has 3 N–H and O–H groups in total. The van der Waals surface area contributed by atoms with E-state index in [1.807, 2.05) is 19.1 Å². The third-order valence-electron chi connectivity index (χ3n) is 5.59. The molecule has 1 atom stereocenters. The molecule has 1 aliphatic rings. The summed E-state index contributed by atoms with van der Waals surface area (Å²) in [7, 11) is 0. The van der Waals surface area contributed by atoms with E-state index < -0.39 is 5.60 Å². The van der Waals surface area contributed by atoms with Gasteiger partial charge in [0.15, 0.2) is 5.96 Å². The molecule has 0 amide bonds. The highest BCUT2D eigenvalue weighted by molar-refractivity contribution is 14.0. The summed E-state index contributed by atoms with van der Waals surface area (Å²) in [6.45, 7) is 11.7. The normalized spacial score (nSPS) is 16.9. The Morgan fingerprint density at radius 3 is 2.53 bits per heavy atom. The molecule has 0 spiro atoms. The Hall–Kier alpha value is -1.85. The number of rotatable bonds is 8. The third-order valence-corrected chi connectivity index (χ3v) is 5.59. The molecule has 1 saturated heterocycles. The van der Waals surface area contributed by atoms with Crippen molar-refractivity contribution in [3.63, 3.8) is 0 Å². The minimum Gasteiger partial charge on any atom is -0.466 e. The quantitative estimate of drug-likeness (QED) is 0.262. The molecular weight excluding hydrogens is 524 g/mol. The van der Waals surface area contributed by atoms with E-state index in [0.717, 1.165) is 38.3 Å². The van der Waals surface area contributed by atoms with Crippen molar-refractivity contribution in [1.82, 2.24) is 15.5 Å². The predicted molar refractivity (Wildman–Crippen MR) is 137 cm³/mol. The molecule has 7 nitrogen and oxygen atoms in total. The Bertz CT molecular complexity index is 852. The summed E-state index contributed by atoms with van der Waals surface area (Å²) >= 11 is 0. The molecule has 0 saturated carbocycles. The Morgan fingerprint density at radius 2 is 1.94 bits per heavy atom. The van der Waals surface area contributed by atoms with Crippen molar-refractivity contribution in [1.29, 1.82) is 0 Å². The van der Waals surface area contributed by atoms with Crippen LogP contribution in [-0.2, 0) is 12.1 Å². The van der Waals surface area contributed by atoms with E-state index in [0.29, 0.717) is 30.5 Å². The number of aliphatic imine (C=N–C) groups is 1. The number of hydrogen-bond donors (Lipinski definition) is 3. The van der Waals surface area contributed by atoms with Gasteiger partial charge < -0.3 is 30.0 Å². The van der Waals surface area contributed by atoms with Crippen molar-refractivity contribution in [2.24, 2.45) is 4.99 Å². The molecular formula is C23H35FIN5O2. The van der Waals surface area contributed by atoms with Crippen LogP contribution in [0.15, 0.2) is 46.0 Å². The summed E-state index contributed by atoms with van der Waals surface area (Å²) in [6, 6.07) is 8.82. The summed E-state index contributed by atoms with van der Waals surface area (Å²) in [5, 5.41) is 16.9. The van der Waals surface area contributed by atoms with Crippen molar-refractivity contribution >= 4 is 35.6 Å². The second-order valence-corrected chi connectivity index (χ2v) is 8.01. The van der Waals surface area contributed by atoms with Crippen LogP contribution in [0.5, 0.6) is 0 Å².